The van der Waals surface area contributed by atoms with Gasteiger partial charge in [0.2, 0.25) is 0 Å². The van der Waals surface area contributed by atoms with Crippen LogP contribution in [0.5, 0.6) is 0 Å². The van der Waals surface area contributed by atoms with Gasteiger partial charge in [0.25, 0.3) is 5.91 Å². The maximum absolute atomic E-state index is 12.3. The maximum Gasteiger partial charge on any atom is 0.317 e. The highest BCUT2D eigenvalue weighted by Crippen LogP contribution is 2.34. The van der Waals surface area contributed by atoms with Crippen molar-refractivity contribution in [3.05, 3.63) is 21.9 Å². The summed E-state index contributed by atoms with van der Waals surface area (Å²) < 4.78 is 0. The Morgan fingerprint density at radius 1 is 1.39 bits per heavy atom. The van der Waals surface area contributed by atoms with E-state index in [1.807, 2.05) is 11.4 Å². The van der Waals surface area contributed by atoms with Gasteiger partial charge in [0.05, 0.1) is 11.4 Å². The molecule has 2 N–H and O–H groups in total. The number of carboxylic acid groups (broad SMARTS) is 1. The van der Waals surface area contributed by atoms with Crippen molar-refractivity contribution in [1.29, 1.82) is 0 Å². The Morgan fingerprint density at radius 3 is 2.74 bits per heavy atom. The standard InChI is InChI=1S/C17H24N2O3S/c1-2-12-5-6-23-16(12)17(22)18-13-7-14(8-13)19(10-15(20)21)9-11-3-4-11/h5-6,11,13-14H,2-4,7-10H2,1H3,(H,18,22)(H,20,21). The number of hydrogen-bond acceptors (Lipinski definition) is 4. The molecule has 1 aromatic heterocycles. The lowest BCUT2D eigenvalue weighted by Crippen LogP contribution is -2.55. The third-order valence-electron chi connectivity index (χ3n) is 4.83. The SMILES string of the molecule is CCc1ccsc1C(=O)NC1CC(N(CC(=O)O)CC2CC2)C1. The van der Waals surface area contributed by atoms with Crippen LogP contribution in [0, 0.1) is 5.92 Å². The fourth-order valence-electron chi connectivity index (χ4n) is 3.22. The van der Waals surface area contributed by atoms with E-state index in [1.165, 1.54) is 24.2 Å². The lowest BCUT2D eigenvalue weighted by molar-refractivity contribution is -0.139. The van der Waals surface area contributed by atoms with Gasteiger partial charge in [-0.05, 0) is 55.0 Å². The molecule has 0 unspecified atom stereocenters. The Hall–Kier alpha value is -1.40. The monoisotopic (exact) mass is 336 g/mol. The Morgan fingerprint density at radius 2 is 2.13 bits per heavy atom. The summed E-state index contributed by atoms with van der Waals surface area (Å²) in [4.78, 5) is 26.3. The first-order valence-corrected chi connectivity index (χ1v) is 9.27. The summed E-state index contributed by atoms with van der Waals surface area (Å²) in [5, 5.41) is 14.1. The molecule has 0 aliphatic heterocycles. The first kappa shape index (κ1) is 16.5. The molecule has 0 atom stereocenters. The Balaban J connectivity index is 1.49. The van der Waals surface area contributed by atoms with Gasteiger partial charge in [0.1, 0.15) is 0 Å². The molecule has 0 radical (unpaired) electrons. The van der Waals surface area contributed by atoms with Crippen molar-refractivity contribution in [3.8, 4) is 0 Å². The van der Waals surface area contributed by atoms with Crippen LogP contribution in [0.3, 0.4) is 0 Å². The number of carboxylic acids is 1. The van der Waals surface area contributed by atoms with Gasteiger partial charge < -0.3 is 10.4 Å². The summed E-state index contributed by atoms with van der Waals surface area (Å²) in [6.07, 6.45) is 5.03. The van der Waals surface area contributed by atoms with Crippen molar-refractivity contribution in [2.24, 2.45) is 5.92 Å². The van der Waals surface area contributed by atoms with Crippen LogP contribution in [0.2, 0.25) is 0 Å². The molecule has 126 valence electrons. The van der Waals surface area contributed by atoms with E-state index in [1.54, 1.807) is 0 Å². The molecule has 1 aromatic rings. The number of rotatable bonds is 8. The summed E-state index contributed by atoms with van der Waals surface area (Å²) in [6.45, 7) is 3.06. The highest BCUT2D eigenvalue weighted by atomic mass is 32.1. The Kier molecular flexibility index (Phi) is 5.02. The van der Waals surface area contributed by atoms with Crippen LogP contribution in [0.4, 0.5) is 0 Å². The van der Waals surface area contributed by atoms with Crippen molar-refractivity contribution < 1.29 is 14.7 Å². The van der Waals surface area contributed by atoms with Gasteiger partial charge in [-0.25, -0.2) is 0 Å². The van der Waals surface area contributed by atoms with E-state index < -0.39 is 5.97 Å². The zero-order valence-electron chi connectivity index (χ0n) is 13.5. The molecule has 2 fully saturated rings. The van der Waals surface area contributed by atoms with Crippen molar-refractivity contribution in [3.63, 3.8) is 0 Å². The van der Waals surface area contributed by atoms with E-state index >= 15 is 0 Å². The second-order valence-corrected chi connectivity index (χ2v) is 7.61. The molecule has 2 saturated carbocycles. The fourth-order valence-corrected chi connectivity index (χ4v) is 4.11. The van der Waals surface area contributed by atoms with Crippen molar-refractivity contribution in [1.82, 2.24) is 10.2 Å². The second kappa shape index (κ2) is 7.01. The van der Waals surface area contributed by atoms with Gasteiger partial charge in [-0.15, -0.1) is 11.3 Å². The van der Waals surface area contributed by atoms with Crippen LogP contribution < -0.4 is 5.32 Å². The zero-order chi connectivity index (χ0) is 16.4. The minimum absolute atomic E-state index is 0.0206. The zero-order valence-corrected chi connectivity index (χ0v) is 14.3. The molecule has 5 nitrogen and oxygen atoms in total. The molecule has 1 amide bonds. The van der Waals surface area contributed by atoms with E-state index in [2.05, 4.69) is 17.1 Å². The molecule has 0 saturated heterocycles. The number of carbonyl (C=O) groups is 2. The van der Waals surface area contributed by atoms with Gasteiger partial charge in [-0.2, -0.15) is 0 Å². The van der Waals surface area contributed by atoms with Gasteiger partial charge >= 0.3 is 5.97 Å². The molecule has 2 aliphatic carbocycles. The highest BCUT2D eigenvalue weighted by molar-refractivity contribution is 7.12. The van der Waals surface area contributed by atoms with E-state index in [9.17, 15) is 9.59 Å². The molecule has 0 spiro atoms. The maximum atomic E-state index is 12.3. The molecular weight excluding hydrogens is 312 g/mol. The lowest BCUT2D eigenvalue weighted by Gasteiger charge is -2.42. The molecule has 2 aliphatic rings. The molecule has 23 heavy (non-hydrogen) atoms. The molecule has 3 rings (SSSR count). The van der Waals surface area contributed by atoms with Crippen molar-refractivity contribution >= 4 is 23.2 Å². The van der Waals surface area contributed by atoms with E-state index in [0.29, 0.717) is 12.0 Å². The van der Waals surface area contributed by atoms with Gasteiger partial charge in [0.15, 0.2) is 0 Å². The minimum atomic E-state index is -0.760. The molecule has 6 heteroatoms. The third-order valence-corrected chi connectivity index (χ3v) is 5.78. The summed E-state index contributed by atoms with van der Waals surface area (Å²) >= 11 is 1.49. The average Bonchev–Trinajstić information content (AvgIpc) is 3.14. The normalized spacial score (nSPS) is 23.6. The fraction of sp³-hybridized carbons (Fsp3) is 0.647. The first-order valence-electron chi connectivity index (χ1n) is 8.39. The second-order valence-electron chi connectivity index (χ2n) is 6.69. The van der Waals surface area contributed by atoms with Crippen LogP contribution in [-0.2, 0) is 11.2 Å². The smallest absolute Gasteiger partial charge is 0.317 e. The van der Waals surface area contributed by atoms with E-state index in [4.69, 9.17) is 5.11 Å². The first-order chi connectivity index (χ1) is 11.1. The highest BCUT2D eigenvalue weighted by Gasteiger charge is 2.38. The number of thiophene rings is 1. The number of amides is 1. The third kappa shape index (κ3) is 4.12. The lowest BCUT2D eigenvalue weighted by atomic mass is 9.85. The number of hydrogen-bond donors (Lipinski definition) is 2. The van der Waals surface area contributed by atoms with E-state index in [-0.39, 0.29) is 18.5 Å². The molecule has 0 aromatic carbocycles. The van der Waals surface area contributed by atoms with Crippen molar-refractivity contribution in [2.45, 2.75) is 51.1 Å². The van der Waals surface area contributed by atoms with Gasteiger partial charge in [0, 0.05) is 18.6 Å². The van der Waals surface area contributed by atoms with Crippen LogP contribution in [-0.4, -0.2) is 47.1 Å². The number of nitrogens with zero attached hydrogens (tertiary/aromatic N) is 1. The van der Waals surface area contributed by atoms with Crippen LogP contribution in [0.1, 0.15) is 47.8 Å². The Labute approximate surface area is 140 Å². The predicted octanol–water partition coefficient (Wildman–Crippen LogP) is 2.37. The van der Waals surface area contributed by atoms with Crippen molar-refractivity contribution in [2.75, 3.05) is 13.1 Å². The van der Waals surface area contributed by atoms with Crippen LogP contribution in [0.25, 0.3) is 0 Å². The van der Waals surface area contributed by atoms with Gasteiger partial charge in [-0.1, -0.05) is 6.92 Å². The topological polar surface area (TPSA) is 69.6 Å². The number of nitrogens with one attached hydrogen (secondary N) is 1. The quantitative estimate of drug-likeness (QED) is 0.765. The minimum Gasteiger partial charge on any atom is -0.480 e. The number of carbonyl (C=O) groups excluding carboxylic acids is 1. The number of aliphatic carboxylic acids is 1. The van der Waals surface area contributed by atoms with E-state index in [0.717, 1.165) is 36.2 Å². The largest absolute Gasteiger partial charge is 0.480 e. The summed E-state index contributed by atoms with van der Waals surface area (Å²) in [6, 6.07) is 2.48. The summed E-state index contributed by atoms with van der Waals surface area (Å²) in [5.74, 6) is -0.0576. The number of aryl methyl sites for hydroxylation is 1. The van der Waals surface area contributed by atoms with Crippen LogP contribution in [0.15, 0.2) is 11.4 Å². The summed E-state index contributed by atoms with van der Waals surface area (Å²) in [7, 11) is 0. The average molecular weight is 336 g/mol. The van der Waals surface area contributed by atoms with Crippen LogP contribution >= 0.6 is 11.3 Å². The predicted molar refractivity (Wildman–Crippen MR) is 89.9 cm³/mol. The molecular formula is C17H24N2O3S. The Bertz CT molecular complexity index is 576. The summed E-state index contributed by atoms with van der Waals surface area (Å²) in [5.41, 5.74) is 1.10. The molecule has 0 bridgehead atoms. The van der Waals surface area contributed by atoms with Gasteiger partial charge in [-0.3, -0.25) is 14.5 Å². The molecule has 1 heterocycles.